The van der Waals surface area contributed by atoms with Gasteiger partial charge >= 0.3 is 0 Å². The molecule has 2 aromatic carbocycles. The Bertz CT molecular complexity index is 540. The maximum Gasteiger partial charge on any atom is 0.0384 e. The molecule has 0 aliphatic rings. The minimum absolute atomic E-state index is 0.780. The molecule has 86 valence electrons. The van der Waals surface area contributed by atoms with Gasteiger partial charge in [-0.25, -0.2) is 0 Å². The molecular weight excluding hydrogens is 206 g/mol. The van der Waals surface area contributed by atoms with Crippen LogP contribution in [-0.2, 0) is 6.42 Å². The third-order valence-electron chi connectivity index (χ3n) is 2.83. The highest BCUT2D eigenvalue weighted by Gasteiger charge is 2.05. The van der Waals surface area contributed by atoms with Crippen LogP contribution in [-0.4, -0.2) is 6.54 Å². The van der Waals surface area contributed by atoms with Crippen LogP contribution in [0, 0.1) is 0 Å². The van der Waals surface area contributed by atoms with E-state index in [1.807, 2.05) is 12.2 Å². The Balaban J connectivity index is 2.54. The summed E-state index contributed by atoms with van der Waals surface area (Å²) in [7, 11) is 0. The maximum absolute atomic E-state index is 3.84. The summed E-state index contributed by atoms with van der Waals surface area (Å²) in [6.07, 6.45) is 4.69. The summed E-state index contributed by atoms with van der Waals surface area (Å²) in [4.78, 5) is 0. The second-order valence-corrected chi connectivity index (χ2v) is 3.98. The first kappa shape index (κ1) is 11.5. The number of rotatable bonds is 5. The minimum atomic E-state index is 0.780. The van der Waals surface area contributed by atoms with E-state index in [9.17, 15) is 0 Å². The third kappa shape index (κ3) is 2.39. The normalized spacial score (nSPS) is 10.1. The average molecular weight is 223 g/mol. The van der Waals surface area contributed by atoms with Gasteiger partial charge in [-0.2, -0.15) is 0 Å². The highest BCUT2D eigenvalue weighted by molar-refractivity contribution is 5.90. The van der Waals surface area contributed by atoms with Crippen LogP contribution in [0.4, 0.5) is 5.69 Å². The average Bonchev–Trinajstić information content (AvgIpc) is 2.38. The van der Waals surface area contributed by atoms with Crippen LogP contribution in [0.25, 0.3) is 10.8 Å². The van der Waals surface area contributed by atoms with Gasteiger partial charge in [-0.05, 0) is 28.8 Å². The van der Waals surface area contributed by atoms with Crippen molar-refractivity contribution in [2.24, 2.45) is 0 Å². The fraction of sp³-hybridized carbons (Fsp3) is 0.125. The lowest BCUT2D eigenvalue weighted by Gasteiger charge is -2.12. The Morgan fingerprint density at radius 2 is 1.82 bits per heavy atom. The largest absolute Gasteiger partial charge is 0.381 e. The lowest BCUT2D eigenvalue weighted by molar-refractivity contribution is 1.25. The molecule has 0 aliphatic heterocycles. The number of anilines is 1. The molecule has 2 aromatic rings. The molecule has 0 atom stereocenters. The van der Waals surface area contributed by atoms with E-state index in [1.165, 1.54) is 22.0 Å². The van der Waals surface area contributed by atoms with Crippen molar-refractivity contribution in [3.63, 3.8) is 0 Å². The molecule has 0 saturated heterocycles. The molecule has 0 bridgehead atoms. The predicted molar refractivity (Wildman–Crippen MR) is 76.5 cm³/mol. The van der Waals surface area contributed by atoms with E-state index in [-0.39, 0.29) is 0 Å². The number of nitrogens with one attached hydrogen (secondary N) is 1. The van der Waals surface area contributed by atoms with Gasteiger partial charge < -0.3 is 5.32 Å². The van der Waals surface area contributed by atoms with Crippen LogP contribution in [0.1, 0.15) is 5.56 Å². The first-order chi connectivity index (χ1) is 8.36. The van der Waals surface area contributed by atoms with Gasteiger partial charge in [-0.3, -0.25) is 0 Å². The summed E-state index contributed by atoms with van der Waals surface area (Å²) in [6, 6.07) is 12.7. The molecule has 1 N–H and O–H groups in total. The summed E-state index contributed by atoms with van der Waals surface area (Å²) in [5.74, 6) is 0. The van der Waals surface area contributed by atoms with E-state index in [2.05, 4.69) is 54.9 Å². The Labute approximate surface area is 102 Å². The zero-order chi connectivity index (χ0) is 12.1. The van der Waals surface area contributed by atoms with Crippen molar-refractivity contribution in [1.82, 2.24) is 0 Å². The zero-order valence-electron chi connectivity index (χ0n) is 9.95. The Hall–Kier alpha value is -2.02. The van der Waals surface area contributed by atoms with E-state index in [1.54, 1.807) is 0 Å². The van der Waals surface area contributed by atoms with Gasteiger partial charge in [0.2, 0.25) is 0 Å². The molecule has 0 radical (unpaired) electrons. The second-order valence-electron chi connectivity index (χ2n) is 3.98. The van der Waals surface area contributed by atoms with Crippen LogP contribution in [0.15, 0.2) is 61.7 Å². The highest BCUT2D eigenvalue weighted by Crippen LogP contribution is 2.26. The molecule has 0 spiro atoms. The van der Waals surface area contributed by atoms with Gasteiger partial charge in [-0.15, -0.1) is 13.2 Å². The van der Waals surface area contributed by atoms with Crippen molar-refractivity contribution >= 4 is 16.5 Å². The van der Waals surface area contributed by atoms with Crippen molar-refractivity contribution in [2.45, 2.75) is 6.42 Å². The van der Waals surface area contributed by atoms with Crippen molar-refractivity contribution in [3.05, 3.63) is 67.3 Å². The van der Waals surface area contributed by atoms with E-state index in [0.29, 0.717) is 0 Å². The first-order valence-electron chi connectivity index (χ1n) is 5.83. The monoisotopic (exact) mass is 223 g/mol. The van der Waals surface area contributed by atoms with Crippen LogP contribution in [0.3, 0.4) is 0 Å². The molecule has 0 aliphatic carbocycles. The molecule has 0 saturated carbocycles. The molecule has 1 heteroatoms. The van der Waals surface area contributed by atoms with Crippen molar-refractivity contribution in [2.75, 3.05) is 11.9 Å². The van der Waals surface area contributed by atoms with Gasteiger partial charge in [-0.1, -0.05) is 42.5 Å². The van der Waals surface area contributed by atoms with E-state index in [4.69, 9.17) is 0 Å². The van der Waals surface area contributed by atoms with E-state index >= 15 is 0 Å². The lowest BCUT2D eigenvalue weighted by atomic mass is 10.00. The molecule has 0 unspecified atom stereocenters. The molecular formula is C16H17N. The molecule has 2 rings (SSSR count). The van der Waals surface area contributed by atoms with E-state index < -0.39 is 0 Å². The third-order valence-corrected chi connectivity index (χ3v) is 2.83. The number of hydrogen-bond acceptors (Lipinski definition) is 1. The van der Waals surface area contributed by atoms with Crippen molar-refractivity contribution in [1.29, 1.82) is 0 Å². The Kier molecular flexibility index (Phi) is 3.61. The SMILES string of the molecule is C=CCNc1ccc2ccccc2c1CC=C. The minimum Gasteiger partial charge on any atom is -0.381 e. The van der Waals surface area contributed by atoms with Gasteiger partial charge in [0.05, 0.1) is 0 Å². The quantitative estimate of drug-likeness (QED) is 0.750. The summed E-state index contributed by atoms with van der Waals surface area (Å²) in [5, 5.41) is 5.94. The number of benzene rings is 2. The summed E-state index contributed by atoms with van der Waals surface area (Å²) in [6.45, 7) is 8.35. The molecule has 1 nitrogen and oxygen atoms in total. The number of hydrogen-bond donors (Lipinski definition) is 1. The lowest BCUT2D eigenvalue weighted by Crippen LogP contribution is -2.01. The van der Waals surface area contributed by atoms with Crippen LogP contribution in [0.5, 0.6) is 0 Å². The molecule has 0 heterocycles. The molecule has 0 amide bonds. The van der Waals surface area contributed by atoms with Crippen LogP contribution >= 0.6 is 0 Å². The van der Waals surface area contributed by atoms with Gasteiger partial charge in [0, 0.05) is 12.2 Å². The van der Waals surface area contributed by atoms with Crippen molar-refractivity contribution < 1.29 is 0 Å². The predicted octanol–water partition coefficient (Wildman–Crippen LogP) is 4.17. The summed E-state index contributed by atoms with van der Waals surface area (Å²) < 4.78 is 0. The fourth-order valence-corrected chi connectivity index (χ4v) is 2.05. The molecule has 0 aromatic heterocycles. The van der Waals surface area contributed by atoms with Gasteiger partial charge in [0.25, 0.3) is 0 Å². The highest BCUT2D eigenvalue weighted by atomic mass is 14.9. The second kappa shape index (κ2) is 5.35. The maximum atomic E-state index is 3.84. The fourth-order valence-electron chi connectivity index (χ4n) is 2.05. The number of allylic oxidation sites excluding steroid dienone is 1. The summed E-state index contributed by atoms with van der Waals surface area (Å²) in [5.41, 5.74) is 2.48. The Morgan fingerprint density at radius 3 is 2.59 bits per heavy atom. The first-order valence-corrected chi connectivity index (χ1v) is 5.83. The molecule has 17 heavy (non-hydrogen) atoms. The van der Waals surface area contributed by atoms with E-state index in [0.717, 1.165) is 13.0 Å². The van der Waals surface area contributed by atoms with Gasteiger partial charge in [0.1, 0.15) is 0 Å². The smallest absolute Gasteiger partial charge is 0.0384 e. The van der Waals surface area contributed by atoms with Crippen molar-refractivity contribution in [3.8, 4) is 0 Å². The van der Waals surface area contributed by atoms with Crippen LogP contribution < -0.4 is 5.32 Å². The van der Waals surface area contributed by atoms with Gasteiger partial charge in [0.15, 0.2) is 0 Å². The summed E-state index contributed by atoms with van der Waals surface area (Å²) >= 11 is 0. The molecule has 0 fully saturated rings. The number of fused-ring (bicyclic) bond motifs is 1. The standard InChI is InChI=1S/C16H17N/c1-3-7-15-14-9-6-5-8-13(14)10-11-16(15)17-12-4-2/h3-6,8-11,17H,1-2,7,12H2. The topological polar surface area (TPSA) is 12.0 Å². The Morgan fingerprint density at radius 1 is 1.00 bits per heavy atom. The zero-order valence-corrected chi connectivity index (χ0v) is 9.95. The van der Waals surface area contributed by atoms with Crippen LogP contribution in [0.2, 0.25) is 0 Å².